The zero-order valence-electron chi connectivity index (χ0n) is 17.6. The lowest BCUT2D eigenvalue weighted by Gasteiger charge is -2.35. The lowest BCUT2D eigenvalue weighted by atomic mass is 10.2. The minimum atomic E-state index is -0.626. The molecule has 2 aliphatic rings. The summed E-state index contributed by atoms with van der Waals surface area (Å²) in [4.78, 5) is 28.2. The Bertz CT molecular complexity index is 910. The van der Waals surface area contributed by atoms with Crippen molar-refractivity contribution in [3.63, 3.8) is 0 Å². The first-order valence-electron chi connectivity index (χ1n) is 10.7. The fourth-order valence-electron chi connectivity index (χ4n) is 3.80. The Morgan fingerprint density at radius 1 is 1.10 bits per heavy atom. The van der Waals surface area contributed by atoms with Gasteiger partial charge in [0.1, 0.15) is 12.4 Å². The zero-order valence-corrected chi connectivity index (χ0v) is 17.6. The van der Waals surface area contributed by atoms with Gasteiger partial charge in [-0.3, -0.25) is 9.59 Å². The van der Waals surface area contributed by atoms with Gasteiger partial charge in [0.2, 0.25) is 6.10 Å². The van der Waals surface area contributed by atoms with Crippen LogP contribution in [0.3, 0.4) is 0 Å². The van der Waals surface area contributed by atoms with Crippen molar-refractivity contribution in [1.29, 1.82) is 0 Å². The summed E-state index contributed by atoms with van der Waals surface area (Å²) < 4.78 is 16.9. The van der Waals surface area contributed by atoms with E-state index in [-0.39, 0.29) is 18.4 Å². The van der Waals surface area contributed by atoms with Crippen LogP contribution in [0, 0.1) is 0 Å². The van der Waals surface area contributed by atoms with Crippen molar-refractivity contribution in [2.75, 3.05) is 51.3 Å². The highest BCUT2D eigenvalue weighted by atomic mass is 16.6. The minimum Gasteiger partial charge on any atom is -0.494 e. The fourth-order valence-corrected chi connectivity index (χ4v) is 3.80. The van der Waals surface area contributed by atoms with Gasteiger partial charge in [-0.1, -0.05) is 12.1 Å². The van der Waals surface area contributed by atoms with E-state index in [1.165, 1.54) is 0 Å². The van der Waals surface area contributed by atoms with Gasteiger partial charge < -0.3 is 29.3 Å². The largest absolute Gasteiger partial charge is 0.494 e. The van der Waals surface area contributed by atoms with Gasteiger partial charge in [0, 0.05) is 5.69 Å². The van der Waals surface area contributed by atoms with E-state index in [1.54, 1.807) is 11.0 Å². The van der Waals surface area contributed by atoms with Crippen molar-refractivity contribution in [1.82, 2.24) is 4.90 Å². The van der Waals surface area contributed by atoms with Gasteiger partial charge in [-0.15, -0.1) is 0 Å². The van der Waals surface area contributed by atoms with E-state index in [0.29, 0.717) is 50.8 Å². The molecule has 2 aliphatic heterocycles. The summed E-state index contributed by atoms with van der Waals surface area (Å²) in [7, 11) is 0. The predicted octanol–water partition coefficient (Wildman–Crippen LogP) is 0.591. The van der Waals surface area contributed by atoms with Gasteiger partial charge >= 0.3 is 0 Å². The maximum Gasteiger partial charge on any atom is 0.279 e. The molecular weight excluding hydrogens is 398 g/mol. The van der Waals surface area contributed by atoms with E-state index >= 15 is 0 Å². The molecule has 0 unspecified atom stereocenters. The molecule has 164 valence electrons. The van der Waals surface area contributed by atoms with Crippen LogP contribution in [0.2, 0.25) is 0 Å². The standard InChI is InChI=1S/C23H27N3O5/c1-2-29-18-9-7-17(8-10-18)24-22(27)15-25-11-13-26(14-12-25)23(28)21-16-30-19-5-3-4-6-20(19)31-21/h3-10,21H,2,11-16H2,1H3,(H,24,27)/p+1/t21-/m1/s1. The second kappa shape index (κ2) is 9.70. The van der Waals surface area contributed by atoms with Crippen LogP contribution in [0.15, 0.2) is 48.5 Å². The van der Waals surface area contributed by atoms with Crippen LogP contribution in [-0.2, 0) is 9.59 Å². The molecule has 2 heterocycles. The van der Waals surface area contributed by atoms with E-state index in [0.717, 1.165) is 16.3 Å². The van der Waals surface area contributed by atoms with Crippen molar-refractivity contribution < 1.29 is 28.7 Å². The highest BCUT2D eigenvalue weighted by molar-refractivity contribution is 5.91. The van der Waals surface area contributed by atoms with Gasteiger partial charge in [0.05, 0.1) is 32.8 Å². The van der Waals surface area contributed by atoms with Crippen LogP contribution in [-0.4, -0.2) is 68.8 Å². The summed E-state index contributed by atoms with van der Waals surface area (Å²) in [6, 6.07) is 14.7. The van der Waals surface area contributed by atoms with E-state index in [1.807, 2.05) is 49.4 Å². The molecule has 31 heavy (non-hydrogen) atoms. The van der Waals surface area contributed by atoms with Crippen molar-refractivity contribution in [2.45, 2.75) is 13.0 Å². The molecule has 0 saturated carbocycles. The normalized spacial score (nSPS) is 18.4. The van der Waals surface area contributed by atoms with Gasteiger partial charge in [-0.25, -0.2) is 0 Å². The number of carbonyl (C=O) groups is 2. The number of rotatable bonds is 6. The highest BCUT2D eigenvalue weighted by Gasteiger charge is 2.34. The number of hydrogen-bond acceptors (Lipinski definition) is 5. The molecular formula is C23H28N3O5+. The molecule has 0 bridgehead atoms. The monoisotopic (exact) mass is 426 g/mol. The number of ether oxygens (including phenoxy) is 3. The number of nitrogens with one attached hydrogen (secondary N) is 2. The van der Waals surface area contributed by atoms with E-state index < -0.39 is 6.10 Å². The second-order valence-electron chi connectivity index (χ2n) is 7.62. The third kappa shape index (κ3) is 5.27. The molecule has 2 amide bonds. The Morgan fingerprint density at radius 3 is 2.52 bits per heavy atom. The maximum absolute atomic E-state index is 12.8. The molecule has 4 rings (SSSR count). The third-order valence-electron chi connectivity index (χ3n) is 5.43. The number of quaternary nitrogens is 1. The van der Waals surface area contributed by atoms with Crippen LogP contribution in [0.4, 0.5) is 5.69 Å². The van der Waals surface area contributed by atoms with E-state index in [4.69, 9.17) is 14.2 Å². The lowest BCUT2D eigenvalue weighted by Crippen LogP contribution is -3.15. The Hall–Kier alpha value is -3.26. The van der Waals surface area contributed by atoms with Crippen molar-refractivity contribution >= 4 is 17.5 Å². The maximum atomic E-state index is 12.8. The van der Waals surface area contributed by atoms with Crippen LogP contribution < -0.4 is 24.4 Å². The summed E-state index contributed by atoms with van der Waals surface area (Å²) in [6.45, 7) is 5.73. The topological polar surface area (TPSA) is 81.5 Å². The number of hydrogen-bond donors (Lipinski definition) is 2. The molecule has 0 radical (unpaired) electrons. The first-order chi connectivity index (χ1) is 15.1. The Kier molecular flexibility index (Phi) is 6.57. The third-order valence-corrected chi connectivity index (χ3v) is 5.43. The van der Waals surface area contributed by atoms with Crippen LogP contribution in [0.25, 0.3) is 0 Å². The molecule has 0 aliphatic carbocycles. The average molecular weight is 426 g/mol. The quantitative estimate of drug-likeness (QED) is 0.707. The minimum absolute atomic E-state index is 0.0421. The van der Waals surface area contributed by atoms with E-state index in [9.17, 15) is 9.59 Å². The fraction of sp³-hybridized carbons (Fsp3) is 0.391. The number of piperazine rings is 1. The Balaban J connectivity index is 1.22. The van der Waals surface area contributed by atoms with Crippen molar-refractivity contribution in [2.24, 2.45) is 0 Å². The summed E-state index contributed by atoms with van der Waals surface area (Å²) in [5.74, 6) is 1.94. The molecule has 0 spiro atoms. The van der Waals surface area contributed by atoms with Gasteiger partial charge in [0.15, 0.2) is 18.0 Å². The number of anilines is 1. The zero-order chi connectivity index (χ0) is 21.6. The Labute approximate surface area is 181 Å². The lowest BCUT2D eigenvalue weighted by molar-refractivity contribution is -0.895. The summed E-state index contributed by atoms with van der Waals surface area (Å²) in [5.41, 5.74) is 0.747. The first kappa shape index (κ1) is 21.0. The SMILES string of the molecule is CCOc1ccc(NC(=O)C[NH+]2CCN(C(=O)[C@H]3COc4ccccc4O3)CC2)cc1. The molecule has 1 fully saturated rings. The molecule has 8 nitrogen and oxygen atoms in total. The highest BCUT2D eigenvalue weighted by Crippen LogP contribution is 2.31. The summed E-state index contributed by atoms with van der Waals surface area (Å²) in [6.07, 6.45) is -0.626. The van der Waals surface area contributed by atoms with Crippen LogP contribution in [0.1, 0.15) is 6.92 Å². The molecule has 8 heteroatoms. The molecule has 0 aromatic heterocycles. The van der Waals surface area contributed by atoms with Gasteiger partial charge in [-0.05, 0) is 43.3 Å². The average Bonchev–Trinajstić information content (AvgIpc) is 2.80. The molecule has 1 atom stereocenters. The second-order valence-corrected chi connectivity index (χ2v) is 7.62. The predicted molar refractivity (Wildman–Crippen MR) is 115 cm³/mol. The summed E-state index contributed by atoms with van der Waals surface area (Å²) >= 11 is 0. The van der Waals surface area contributed by atoms with Gasteiger partial charge in [0.25, 0.3) is 11.8 Å². The molecule has 1 saturated heterocycles. The van der Waals surface area contributed by atoms with Gasteiger partial charge in [-0.2, -0.15) is 0 Å². The van der Waals surface area contributed by atoms with Crippen molar-refractivity contribution in [3.8, 4) is 17.2 Å². The van der Waals surface area contributed by atoms with Crippen LogP contribution in [0.5, 0.6) is 17.2 Å². The van der Waals surface area contributed by atoms with Crippen molar-refractivity contribution in [3.05, 3.63) is 48.5 Å². The molecule has 2 aromatic carbocycles. The number of carbonyl (C=O) groups excluding carboxylic acids is 2. The number of amides is 2. The van der Waals surface area contributed by atoms with Crippen LogP contribution >= 0.6 is 0 Å². The molecule has 2 N–H and O–H groups in total. The number of para-hydroxylation sites is 2. The first-order valence-corrected chi connectivity index (χ1v) is 10.7. The number of benzene rings is 2. The molecule has 2 aromatic rings. The Morgan fingerprint density at radius 2 is 1.81 bits per heavy atom. The van der Waals surface area contributed by atoms with E-state index in [2.05, 4.69) is 5.32 Å². The number of nitrogens with zero attached hydrogens (tertiary/aromatic N) is 1. The number of fused-ring (bicyclic) bond motifs is 1. The summed E-state index contributed by atoms with van der Waals surface area (Å²) in [5, 5.41) is 2.92. The smallest absolute Gasteiger partial charge is 0.279 e.